The minimum Gasteiger partial charge on any atom is -0.437 e. The Balaban J connectivity index is 1.45. The third kappa shape index (κ3) is 4.71. The van der Waals surface area contributed by atoms with Gasteiger partial charge in [0.25, 0.3) is 5.91 Å². The molecule has 2 N–H and O–H groups in total. The molecule has 0 bridgehead atoms. The number of benzene rings is 1. The molecule has 1 atom stereocenters. The Morgan fingerprint density at radius 3 is 2.70 bits per heavy atom. The molecule has 0 spiro atoms. The highest BCUT2D eigenvalue weighted by Crippen LogP contribution is 2.39. The van der Waals surface area contributed by atoms with Crippen molar-refractivity contribution in [3.63, 3.8) is 0 Å². The average Bonchev–Trinajstić information content (AvgIpc) is 3.73. The van der Waals surface area contributed by atoms with Crippen molar-refractivity contribution >= 4 is 17.4 Å². The van der Waals surface area contributed by atoms with Gasteiger partial charge < -0.3 is 24.7 Å². The molecule has 1 aromatic carbocycles. The summed E-state index contributed by atoms with van der Waals surface area (Å²) in [7, 11) is 3.49. The normalized spacial score (nSPS) is 19.3. The van der Waals surface area contributed by atoms with Crippen molar-refractivity contribution in [2.24, 2.45) is 0 Å². The van der Waals surface area contributed by atoms with Crippen LogP contribution in [0.2, 0.25) is 0 Å². The van der Waals surface area contributed by atoms with Crippen molar-refractivity contribution < 1.29 is 22.7 Å². The molecular formula is C28H31F2N7O3. The third-order valence-corrected chi connectivity index (χ3v) is 7.73. The van der Waals surface area contributed by atoms with E-state index in [0.717, 1.165) is 6.42 Å². The summed E-state index contributed by atoms with van der Waals surface area (Å²) in [6.07, 6.45) is 6.11. The van der Waals surface area contributed by atoms with Crippen LogP contribution in [0.3, 0.4) is 0 Å². The summed E-state index contributed by atoms with van der Waals surface area (Å²) >= 11 is 0. The molecule has 10 nitrogen and oxygen atoms in total. The number of amides is 1. The van der Waals surface area contributed by atoms with Crippen molar-refractivity contribution in [1.82, 2.24) is 29.8 Å². The second kappa shape index (κ2) is 10.3. The van der Waals surface area contributed by atoms with E-state index in [1.165, 1.54) is 36.1 Å². The lowest BCUT2D eigenvalue weighted by Gasteiger charge is -2.32. The number of alkyl halides is 1. The number of halogens is 2. The third-order valence-electron chi connectivity index (χ3n) is 7.73. The lowest BCUT2D eigenvalue weighted by Crippen LogP contribution is -2.38. The molecule has 2 fully saturated rings. The Morgan fingerprint density at radius 2 is 1.98 bits per heavy atom. The quantitative estimate of drug-likeness (QED) is 0.371. The number of rotatable bonds is 6. The van der Waals surface area contributed by atoms with E-state index in [0.29, 0.717) is 78.6 Å². The number of aromatic nitrogens is 4. The van der Waals surface area contributed by atoms with Crippen molar-refractivity contribution in [2.75, 3.05) is 45.7 Å². The van der Waals surface area contributed by atoms with E-state index >= 15 is 8.78 Å². The summed E-state index contributed by atoms with van der Waals surface area (Å²) in [6, 6.07) is 3.00. The summed E-state index contributed by atoms with van der Waals surface area (Å²) in [5, 5.41) is 10.4. The Bertz CT molecular complexity index is 1570. The van der Waals surface area contributed by atoms with Gasteiger partial charge in [0.05, 0.1) is 30.6 Å². The van der Waals surface area contributed by atoms with Gasteiger partial charge in [-0.05, 0) is 38.1 Å². The van der Waals surface area contributed by atoms with Gasteiger partial charge in [-0.1, -0.05) is 0 Å². The number of nitrogens with zero attached hydrogens (tertiary/aromatic N) is 5. The fraction of sp³-hybridized carbons (Fsp3) is 0.429. The maximum Gasteiger partial charge on any atom is 0.251 e. The molecule has 0 saturated carbocycles. The largest absolute Gasteiger partial charge is 0.437 e. The number of fused-ring (bicyclic) bond motifs is 1. The monoisotopic (exact) mass is 551 g/mol. The summed E-state index contributed by atoms with van der Waals surface area (Å²) in [5.41, 5.74) is 0.589. The molecule has 5 heterocycles. The van der Waals surface area contributed by atoms with E-state index in [9.17, 15) is 4.79 Å². The van der Waals surface area contributed by atoms with E-state index in [4.69, 9.17) is 14.1 Å². The molecule has 12 heteroatoms. The lowest BCUT2D eigenvalue weighted by atomic mass is 9.93. The number of ether oxygens (including phenoxy) is 1. The highest BCUT2D eigenvalue weighted by atomic mass is 19.1. The van der Waals surface area contributed by atoms with Crippen molar-refractivity contribution in [3.8, 4) is 22.5 Å². The van der Waals surface area contributed by atoms with Crippen LogP contribution in [0.4, 0.5) is 14.6 Å². The number of oxazole rings is 1. The van der Waals surface area contributed by atoms with Crippen LogP contribution in [0, 0.1) is 12.7 Å². The minimum absolute atomic E-state index is 0.000536. The molecule has 2 saturated heterocycles. The van der Waals surface area contributed by atoms with Gasteiger partial charge in [-0.2, -0.15) is 5.10 Å². The molecule has 6 rings (SSSR count). The molecule has 4 aromatic rings. The first-order valence-corrected chi connectivity index (χ1v) is 13.3. The van der Waals surface area contributed by atoms with Gasteiger partial charge in [0.2, 0.25) is 5.89 Å². The second-order valence-electron chi connectivity index (χ2n) is 10.6. The average molecular weight is 552 g/mol. The number of hydrogen-bond acceptors (Lipinski definition) is 8. The Labute approximate surface area is 229 Å². The van der Waals surface area contributed by atoms with Gasteiger partial charge in [0, 0.05) is 62.5 Å². The number of aryl methyl sites for hydroxylation is 1. The number of carbonyl (C=O) groups excluding carboxylic acids is 1. The van der Waals surface area contributed by atoms with Gasteiger partial charge in [-0.25, -0.2) is 23.3 Å². The van der Waals surface area contributed by atoms with E-state index < -0.39 is 11.5 Å². The standard InChI is InChI=1S/C28H31F2N7O3/c1-16-10-17(26(38)31-2)11-19(23(16)29)20-12-33-37-14-21(24(35-25(20)37)34-18-4-9-39-15-18)22-13-32-27(40-22)28(30)5-7-36(3)8-6-28/h10-14,18H,4-9,15H2,1-3H3,(H,31,38)(H,34,35)/t18-/m0/s1. The van der Waals surface area contributed by atoms with Crippen LogP contribution in [-0.4, -0.2) is 76.8 Å². The molecule has 40 heavy (non-hydrogen) atoms. The smallest absolute Gasteiger partial charge is 0.251 e. The molecule has 2 aliphatic rings. The van der Waals surface area contributed by atoms with Crippen LogP contribution in [0.25, 0.3) is 28.1 Å². The van der Waals surface area contributed by atoms with Crippen LogP contribution >= 0.6 is 0 Å². The Kier molecular flexibility index (Phi) is 6.75. The Hall–Kier alpha value is -3.90. The van der Waals surface area contributed by atoms with Crippen LogP contribution in [0.5, 0.6) is 0 Å². The van der Waals surface area contributed by atoms with Crippen LogP contribution in [0.1, 0.15) is 41.1 Å². The molecule has 0 aliphatic carbocycles. The minimum atomic E-state index is -1.64. The predicted octanol–water partition coefficient (Wildman–Crippen LogP) is 3.95. The van der Waals surface area contributed by atoms with Gasteiger partial charge in [0.15, 0.2) is 17.1 Å². The van der Waals surface area contributed by atoms with Crippen LogP contribution in [0.15, 0.2) is 35.1 Å². The van der Waals surface area contributed by atoms with E-state index in [1.54, 1.807) is 13.1 Å². The van der Waals surface area contributed by atoms with E-state index in [2.05, 4.69) is 25.6 Å². The highest BCUT2D eigenvalue weighted by molar-refractivity contribution is 5.96. The van der Waals surface area contributed by atoms with Gasteiger partial charge in [-0.15, -0.1) is 0 Å². The number of likely N-dealkylation sites (tertiary alicyclic amines) is 1. The van der Waals surface area contributed by atoms with Gasteiger partial charge in [0.1, 0.15) is 11.6 Å². The van der Waals surface area contributed by atoms with Crippen LogP contribution < -0.4 is 10.6 Å². The van der Waals surface area contributed by atoms with Crippen molar-refractivity contribution in [2.45, 2.75) is 37.9 Å². The summed E-state index contributed by atoms with van der Waals surface area (Å²) in [5.74, 6) is 0.0794. The fourth-order valence-electron chi connectivity index (χ4n) is 5.27. The highest BCUT2D eigenvalue weighted by Gasteiger charge is 2.40. The summed E-state index contributed by atoms with van der Waals surface area (Å²) in [6.45, 7) is 3.96. The van der Waals surface area contributed by atoms with Gasteiger partial charge in [-0.3, -0.25) is 4.79 Å². The van der Waals surface area contributed by atoms with Gasteiger partial charge >= 0.3 is 0 Å². The number of anilines is 1. The van der Waals surface area contributed by atoms with Crippen molar-refractivity contribution in [1.29, 1.82) is 0 Å². The molecular weight excluding hydrogens is 520 g/mol. The molecule has 0 radical (unpaired) electrons. The number of hydrogen-bond donors (Lipinski definition) is 2. The maximum atomic E-state index is 15.8. The Morgan fingerprint density at radius 1 is 1.18 bits per heavy atom. The number of nitrogens with one attached hydrogen (secondary N) is 2. The fourth-order valence-corrected chi connectivity index (χ4v) is 5.27. The first-order chi connectivity index (χ1) is 19.3. The zero-order valence-corrected chi connectivity index (χ0v) is 22.6. The lowest BCUT2D eigenvalue weighted by molar-refractivity contribution is 0.0421. The second-order valence-corrected chi connectivity index (χ2v) is 10.6. The SMILES string of the molecule is CNC(=O)c1cc(C)c(F)c(-c2cnn3cc(-c4cnc(C5(F)CCN(C)CC5)o4)c(N[C@H]4CCOC4)nc23)c1. The zero-order valence-electron chi connectivity index (χ0n) is 22.6. The number of carbonyl (C=O) groups is 1. The molecule has 1 amide bonds. The summed E-state index contributed by atoms with van der Waals surface area (Å²) < 4.78 is 44.2. The summed E-state index contributed by atoms with van der Waals surface area (Å²) in [4.78, 5) is 23.6. The molecule has 210 valence electrons. The zero-order chi connectivity index (χ0) is 28.0. The predicted molar refractivity (Wildman–Crippen MR) is 144 cm³/mol. The van der Waals surface area contributed by atoms with E-state index in [1.807, 2.05) is 7.05 Å². The molecule has 0 unspecified atom stereocenters. The maximum absolute atomic E-state index is 15.8. The first-order valence-electron chi connectivity index (χ1n) is 13.3. The van der Waals surface area contributed by atoms with E-state index in [-0.39, 0.29) is 23.4 Å². The topological polar surface area (TPSA) is 110 Å². The molecule has 2 aliphatic heterocycles. The van der Waals surface area contributed by atoms with Crippen LogP contribution in [-0.2, 0) is 10.4 Å². The molecule has 3 aromatic heterocycles. The van der Waals surface area contributed by atoms with Crippen molar-refractivity contribution in [3.05, 3.63) is 53.6 Å². The first kappa shape index (κ1) is 26.3. The number of piperidine rings is 1.